The van der Waals surface area contributed by atoms with E-state index in [2.05, 4.69) is 15.8 Å². The van der Waals surface area contributed by atoms with Crippen molar-refractivity contribution in [2.24, 2.45) is 0 Å². The molecule has 3 rings (SSSR count). The molecule has 2 aromatic rings. The van der Waals surface area contributed by atoms with Crippen LogP contribution < -0.4 is 10.6 Å². The van der Waals surface area contributed by atoms with Gasteiger partial charge in [0, 0.05) is 17.4 Å². The van der Waals surface area contributed by atoms with Gasteiger partial charge in [-0.2, -0.15) is 0 Å². The first-order chi connectivity index (χ1) is 10.1. The lowest BCUT2D eigenvalue weighted by Gasteiger charge is -2.31. The van der Waals surface area contributed by atoms with Crippen molar-refractivity contribution in [3.63, 3.8) is 0 Å². The van der Waals surface area contributed by atoms with Gasteiger partial charge in [-0.05, 0) is 24.8 Å². The summed E-state index contributed by atoms with van der Waals surface area (Å²) in [5.74, 6) is -0.109. The van der Waals surface area contributed by atoms with Gasteiger partial charge >= 0.3 is 0 Å². The van der Waals surface area contributed by atoms with E-state index in [1.807, 2.05) is 17.5 Å². The summed E-state index contributed by atoms with van der Waals surface area (Å²) in [5, 5.41) is 11.5. The quantitative estimate of drug-likeness (QED) is 0.905. The standard InChI is InChI=1S/C14H15N3O3S/c1-8-7-10(20-17-8)14(19)15-9-4-5-12(18)16-13(9)11-3-2-6-21-11/h2-3,6-7,9,13H,4-5H2,1H3,(H,15,19)(H,16,18)/t9-,13-/m1/s1. The van der Waals surface area contributed by atoms with Crippen LogP contribution in [0.5, 0.6) is 0 Å². The number of carbonyl (C=O) groups excluding carboxylic acids is 2. The van der Waals surface area contributed by atoms with Crippen LogP contribution in [0.25, 0.3) is 0 Å². The Morgan fingerprint density at radius 3 is 3.10 bits per heavy atom. The third-order valence-electron chi connectivity index (χ3n) is 3.42. The molecule has 7 heteroatoms. The Kier molecular flexibility index (Phi) is 3.74. The maximum absolute atomic E-state index is 12.2. The molecular weight excluding hydrogens is 290 g/mol. The van der Waals surface area contributed by atoms with Gasteiger partial charge in [0.05, 0.1) is 17.8 Å². The third-order valence-corrected chi connectivity index (χ3v) is 4.37. The number of amides is 2. The van der Waals surface area contributed by atoms with Crippen LogP contribution in [-0.2, 0) is 4.79 Å². The first-order valence-corrected chi connectivity index (χ1v) is 7.58. The summed E-state index contributed by atoms with van der Waals surface area (Å²) in [6, 6.07) is 5.13. The first kappa shape index (κ1) is 13.8. The second kappa shape index (κ2) is 5.69. The van der Waals surface area contributed by atoms with Gasteiger partial charge in [0.25, 0.3) is 5.91 Å². The van der Waals surface area contributed by atoms with Crippen LogP contribution in [0.15, 0.2) is 28.1 Å². The molecule has 2 N–H and O–H groups in total. The molecule has 1 aliphatic heterocycles. The molecule has 3 heterocycles. The molecule has 0 aromatic carbocycles. The van der Waals surface area contributed by atoms with Crippen LogP contribution in [-0.4, -0.2) is 23.0 Å². The van der Waals surface area contributed by atoms with E-state index in [0.717, 1.165) is 4.88 Å². The van der Waals surface area contributed by atoms with Crippen molar-refractivity contribution < 1.29 is 14.1 Å². The first-order valence-electron chi connectivity index (χ1n) is 6.70. The van der Waals surface area contributed by atoms with Crippen molar-refractivity contribution in [3.8, 4) is 0 Å². The summed E-state index contributed by atoms with van der Waals surface area (Å²) in [6.07, 6.45) is 1.01. The fraction of sp³-hybridized carbons (Fsp3) is 0.357. The fourth-order valence-corrected chi connectivity index (χ4v) is 3.24. The van der Waals surface area contributed by atoms with Crippen LogP contribution in [0.4, 0.5) is 0 Å². The number of thiophene rings is 1. The van der Waals surface area contributed by atoms with Crippen molar-refractivity contribution in [1.29, 1.82) is 0 Å². The predicted octanol–water partition coefficient (Wildman–Crippen LogP) is 1.79. The van der Waals surface area contributed by atoms with E-state index in [1.165, 1.54) is 0 Å². The number of piperidine rings is 1. The largest absolute Gasteiger partial charge is 0.351 e. The van der Waals surface area contributed by atoms with Crippen LogP contribution in [0.2, 0.25) is 0 Å². The van der Waals surface area contributed by atoms with Gasteiger partial charge in [0.2, 0.25) is 11.7 Å². The van der Waals surface area contributed by atoms with Gasteiger partial charge in [-0.3, -0.25) is 9.59 Å². The normalized spacial score (nSPS) is 21.9. The highest BCUT2D eigenvalue weighted by atomic mass is 32.1. The summed E-state index contributed by atoms with van der Waals surface area (Å²) < 4.78 is 4.97. The Labute approximate surface area is 125 Å². The zero-order valence-corrected chi connectivity index (χ0v) is 12.3. The predicted molar refractivity (Wildman–Crippen MR) is 76.9 cm³/mol. The molecule has 0 spiro atoms. The van der Waals surface area contributed by atoms with Crippen LogP contribution in [0, 0.1) is 6.92 Å². The number of nitrogens with one attached hydrogen (secondary N) is 2. The van der Waals surface area contributed by atoms with E-state index in [-0.39, 0.29) is 29.7 Å². The van der Waals surface area contributed by atoms with Gasteiger partial charge in [-0.25, -0.2) is 0 Å². The Morgan fingerprint density at radius 2 is 2.43 bits per heavy atom. The van der Waals surface area contributed by atoms with E-state index in [1.54, 1.807) is 24.3 Å². The summed E-state index contributed by atoms with van der Waals surface area (Å²) in [6.45, 7) is 1.76. The Hall–Kier alpha value is -2.15. The Morgan fingerprint density at radius 1 is 1.57 bits per heavy atom. The van der Waals surface area contributed by atoms with Crippen molar-refractivity contribution in [1.82, 2.24) is 15.8 Å². The number of aromatic nitrogens is 1. The van der Waals surface area contributed by atoms with Gasteiger partial charge in [-0.1, -0.05) is 11.2 Å². The van der Waals surface area contributed by atoms with E-state index in [9.17, 15) is 9.59 Å². The maximum Gasteiger partial charge on any atom is 0.290 e. The maximum atomic E-state index is 12.2. The molecule has 0 saturated carbocycles. The topological polar surface area (TPSA) is 84.2 Å². The van der Waals surface area contributed by atoms with Gasteiger partial charge < -0.3 is 15.2 Å². The highest BCUT2D eigenvalue weighted by molar-refractivity contribution is 7.10. The average molecular weight is 305 g/mol. The number of nitrogens with zero attached hydrogens (tertiary/aromatic N) is 1. The molecule has 6 nitrogen and oxygen atoms in total. The van der Waals surface area contributed by atoms with Crippen molar-refractivity contribution in [2.75, 3.05) is 0 Å². The molecule has 2 amide bonds. The molecule has 1 aliphatic rings. The summed E-state index contributed by atoms with van der Waals surface area (Å²) in [7, 11) is 0. The molecule has 0 radical (unpaired) electrons. The molecule has 110 valence electrons. The number of aryl methyl sites for hydroxylation is 1. The lowest BCUT2D eigenvalue weighted by molar-refractivity contribution is -0.123. The molecule has 0 bridgehead atoms. The SMILES string of the molecule is Cc1cc(C(=O)N[C@@H]2CCC(=O)N[C@H]2c2cccs2)on1. The monoisotopic (exact) mass is 305 g/mol. The molecule has 1 fully saturated rings. The average Bonchev–Trinajstić information content (AvgIpc) is 3.11. The molecule has 1 saturated heterocycles. The Balaban J connectivity index is 1.76. The lowest BCUT2D eigenvalue weighted by atomic mass is 9.96. The van der Waals surface area contributed by atoms with Gasteiger partial charge in [0.15, 0.2) is 0 Å². The number of hydrogen-bond donors (Lipinski definition) is 2. The van der Waals surface area contributed by atoms with Crippen molar-refractivity contribution >= 4 is 23.2 Å². The molecule has 21 heavy (non-hydrogen) atoms. The van der Waals surface area contributed by atoms with E-state index < -0.39 is 0 Å². The molecule has 0 aliphatic carbocycles. The van der Waals surface area contributed by atoms with Crippen LogP contribution >= 0.6 is 11.3 Å². The molecule has 2 atom stereocenters. The molecule has 0 unspecified atom stereocenters. The highest BCUT2D eigenvalue weighted by Crippen LogP contribution is 2.27. The zero-order valence-electron chi connectivity index (χ0n) is 11.5. The van der Waals surface area contributed by atoms with E-state index >= 15 is 0 Å². The summed E-state index contributed by atoms with van der Waals surface area (Å²) in [4.78, 5) is 24.8. The minimum atomic E-state index is -0.307. The minimum Gasteiger partial charge on any atom is -0.351 e. The van der Waals surface area contributed by atoms with Crippen molar-refractivity contribution in [3.05, 3.63) is 39.9 Å². The second-order valence-electron chi connectivity index (χ2n) is 5.01. The zero-order chi connectivity index (χ0) is 14.8. The number of hydrogen-bond acceptors (Lipinski definition) is 5. The summed E-state index contributed by atoms with van der Waals surface area (Å²) >= 11 is 1.56. The van der Waals surface area contributed by atoms with Gasteiger partial charge in [-0.15, -0.1) is 11.3 Å². The Bertz CT molecular complexity index is 650. The minimum absolute atomic E-state index is 0.00871. The fourth-order valence-electron chi connectivity index (χ4n) is 2.40. The summed E-state index contributed by atoms with van der Waals surface area (Å²) in [5.41, 5.74) is 0.659. The smallest absolute Gasteiger partial charge is 0.290 e. The lowest BCUT2D eigenvalue weighted by Crippen LogP contribution is -2.49. The van der Waals surface area contributed by atoms with Crippen molar-refractivity contribution in [2.45, 2.75) is 31.8 Å². The number of carbonyl (C=O) groups is 2. The van der Waals surface area contributed by atoms with E-state index in [0.29, 0.717) is 18.5 Å². The number of rotatable bonds is 3. The third kappa shape index (κ3) is 2.97. The van der Waals surface area contributed by atoms with E-state index in [4.69, 9.17) is 4.52 Å². The second-order valence-corrected chi connectivity index (χ2v) is 5.99. The molecular formula is C14H15N3O3S. The van der Waals surface area contributed by atoms with Gasteiger partial charge in [0.1, 0.15) is 0 Å². The van der Waals surface area contributed by atoms with Crippen LogP contribution in [0.3, 0.4) is 0 Å². The molecule has 2 aromatic heterocycles. The highest BCUT2D eigenvalue weighted by Gasteiger charge is 2.32. The van der Waals surface area contributed by atoms with Crippen LogP contribution in [0.1, 0.15) is 40.0 Å².